The normalized spacial score (nSPS) is 17.2. The van der Waals surface area contributed by atoms with Crippen LogP contribution in [0.4, 0.5) is 4.79 Å². The second kappa shape index (κ2) is 7.65. The number of amides is 2. The number of benzene rings is 1. The minimum absolute atomic E-state index is 0.120. The first-order valence-electron chi connectivity index (χ1n) is 8.02. The van der Waals surface area contributed by atoms with Crippen LogP contribution in [0.25, 0.3) is 0 Å². The molecule has 0 saturated carbocycles. The molecule has 7 heteroatoms. The van der Waals surface area contributed by atoms with E-state index in [9.17, 15) is 14.7 Å². The van der Waals surface area contributed by atoms with Crippen molar-refractivity contribution in [1.29, 1.82) is 0 Å². The molecule has 0 bridgehead atoms. The smallest absolute Gasteiger partial charge is 0.407 e. The zero-order valence-corrected chi connectivity index (χ0v) is 13.6. The van der Waals surface area contributed by atoms with Gasteiger partial charge in [0.1, 0.15) is 12.4 Å². The number of carbonyl (C=O) groups excluding carboxylic acids is 1. The van der Waals surface area contributed by atoms with Gasteiger partial charge in [0.15, 0.2) is 0 Å². The van der Waals surface area contributed by atoms with E-state index in [1.54, 1.807) is 41.6 Å². The molecule has 130 valence electrons. The summed E-state index contributed by atoms with van der Waals surface area (Å²) in [4.78, 5) is 31.1. The molecule has 0 radical (unpaired) electrons. The first-order chi connectivity index (χ1) is 12.1. The predicted molar refractivity (Wildman–Crippen MR) is 90.6 cm³/mol. The molecule has 0 spiro atoms. The maximum absolute atomic E-state index is 12.8. The Kier molecular flexibility index (Phi) is 5.13. The maximum Gasteiger partial charge on any atom is 0.407 e. The van der Waals surface area contributed by atoms with Gasteiger partial charge in [0, 0.05) is 31.4 Å². The van der Waals surface area contributed by atoms with Crippen molar-refractivity contribution in [2.24, 2.45) is 0 Å². The molecule has 1 aromatic heterocycles. The Bertz CT molecular complexity index is 724. The van der Waals surface area contributed by atoms with Crippen molar-refractivity contribution in [1.82, 2.24) is 14.8 Å². The van der Waals surface area contributed by atoms with Crippen molar-refractivity contribution in [3.05, 3.63) is 60.4 Å². The molecule has 1 aliphatic rings. The number of nitrogens with zero attached hydrogens (tertiary/aromatic N) is 3. The van der Waals surface area contributed by atoms with Crippen LogP contribution in [0.5, 0.6) is 5.75 Å². The lowest BCUT2D eigenvalue weighted by atomic mass is 10.1. The quantitative estimate of drug-likeness (QED) is 0.919. The van der Waals surface area contributed by atoms with Gasteiger partial charge >= 0.3 is 6.09 Å². The van der Waals surface area contributed by atoms with Crippen LogP contribution in [0.1, 0.15) is 10.4 Å². The van der Waals surface area contributed by atoms with Gasteiger partial charge in [0.25, 0.3) is 5.91 Å². The molecule has 1 unspecified atom stereocenters. The van der Waals surface area contributed by atoms with E-state index >= 15 is 0 Å². The minimum Gasteiger partial charge on any atom is -0.490 e. The summed E-state index contributed by atoms with van der Waals surface area (Å²) in [7, 11) is 0. The summed E-state index contributed by atoms with van der Waals surface area (Å²) in [6.07, 6.45) is 2.24. The van der Waals surface area contributed by atoms with Crippen molar-refractivity contribution < 1.29 is 19.4 Å². The number of ether oxygens (including phenoxy) is 1. The molecule has 3 rings (SSSR count). The Morgan fingerprint density at radius 3 is 2.64 bits per heavy atom. The van der Waals surface area contributed by atoms with Gasteiger partial charge in [-0.05, 0) is 24.3 Å². The molecule has 1 aromatic carbocycles. The van der Waals surface area contributed by atoms with Crippen molar-refractivity contribution in [3.63, 3.8) is 0 Å². The van der Waals surface area contributed by atoms with Crippen LogP contribution >= 0.6 is 0 Å². The lowest BCUT2D eigenvalue weighted by Crippen LogP contribution is -2.58. The Morgan fingerprint density at radius 2 is 1.96 bits per heavy atom. The van der Waals surface area contributed by atoms with Gasteiger partial charge in [0.2, 0.25) is 0 Å². The van der Waals surface area contributed by atoms with E-state index in [1.165, 1.54) is 4.90 Å². The third kappa shape index (κ3) is 4.06. The van der Waals surface area contributed by atoms with E-state index in [0.29, 0.717) is 17.9 Å². The van der Waals surface area contributed by atoms with E-state index in [4.69, 9.17) is 4.74 Å². The second-order valence-corrected chi connectivity index (χ2v) is 5.75. The van der Waals surface area contributed by atoms with Gasteiger partial charge in [0.05, 0.1) is 12.2 Å². The highest BCUT2D eigenvalue weighted by Gasteiger charge is 2.33. The molecule has 1 N–H and O–H groups in total. The highest BCUT2D eigenvalue weighted by molar-refractivity contribution is 5.94. The molecule has 1 fully saturated rings. The number of pyridine rings is 1. The Labute approximate surface area is 145 Å². The van der Waals surface area contributed by atoms with Crippen LogP contribution in [0, 0.1) is 0 Å². The van der Waals surface area contributed by atoms with Crippen molar-refractivity contribution in [3.8, 4) is 5.75 Å². The summed E-state index contributed by atoms with van der Waals surface area (Å²) in [6, 6.07) is 12.1. The van der Waals surface area contributed by atoms with Crippen LogP contribution in [0.15, 0.2) is 54.9 Å². The van der Waals surface area contributed by atoms with Gasteiger partial charge in [-0.3, -0.25) is 9.78 Å². The highest BCUT2D eigenvalue weighted by atomic mass is 16.5. The van der Waals surface area contributed by atoms with E-state index < -0.39 is 6.09 Å². The summed E-state index contributed by atoms with van der Waals surface area (Å²) >= 11 is 0. The average molecular weight is 341 g/mol. The lowest BCUT2D eigenvalue weighted by molar-refractivity contribution is 0.0340. The molecule has 7 nitrogen and oxygen atoms in total. The number of hydrogen-bond donors (Lipinski definition) is 1. The van der Waals surface area contributed by atoms with Gasteiger partial charge in [-0.2, -0.15) is 0 Å². The number of rotatable bonds is 4. The highest BCUT2D eigenvalue weighted by Crippen LogP contribution is 2.16. The van der Waals surface area contributed by atoms with E-state index in [2.05, 4.69) is 4.98 Å². The number of piperazine rings is 1. The summed E-state index contributed by atoms with van der Waals surface area (Å²) in [6.45, 7) is 1.04. The topological polar surface area (TPSA) is 83.0 Å². The minimum atomic E-state index is -0.988. The first-order valence-corrected chi connectivity index (χ1v) is 8.02. The summed E-state index contributed by atoms with van der Waals surface area (Å²) in [5.74, 6) is 0.465. The Balaban J connectivity index is 1.74. The zero-order chi connectivity index (χ0) is 17.6. The third-order valence-corrected chi connectivity index (χ3v) is 4.11. The van der Waals surface area contributed by atoms with E-state index in [-0.39, 0.29) is 31.6 Å². The van der Waals surface area contributed by atoms with Gasteiger partial charge < -0.3 is 19.6 Å². The molecule has 1 atom stereocenters. The van der Waals surface area contributed by atoms with Crippen LogP contribution in [0.3, 0.4) is 0 Å². The monoisotopic (exact) mass is 341 g/mol. The van der Waals surface area contributed by atoms with Crippen molar-refractivity contribution in [2.45, 2.75) is 6.04 Å². The van der Waals surface area contributed by atoms with Crippen molar-refractivity contribution in [2.75, 3.05) is 26.2 Å². The van der Waals surface area contributed by atoms with E-state index in [1.807, 2.05) is 18.2 Å². The molecule has 25 heavy (non-hydrogen) atoms. The molecule has 2 heterocycles. The van der Waals surface area contributed by atoms with E-state index in [0.717, 1.165) is 0 Å². The summed E-state index contributed by atoms with van der Waals surface area (Å²) in [5, 5.41) is 9.25. The molecule has 1 saturated heterocycles. The Hall–Kier alpha value is -3.09. The van der Waals surface area contributed by atoms with Gasteiger partial charge in [-0.1, -0.05) is 18.2 Å². The van der Waals surface area contributed by atoms with Crippen LogP contribution in [-0.4, -0.2) is 64.2 Å². The summed E-state index contributed by atoms with van der Waals surface area (Å²) in [5.41, 5.74) is 0.581. The average Bonchev–Trinajstić information content (AvgIpc) is 2.67. The Morgan fingerprint density at radius 1 is 1.16 bits per heavy atom. The second-order valence-electron chi connectivity index (χ2n) is 5.75. The third-order valence-electron chi connectivity index (χ3n) is 4.11. The number of aromatic nitrogens is 1. The molecular weight excluding hydrogens is 322 g/mol. The van der Waals surface area contributed by atoms with Gasteiger partial charge in [-0.15, -0.1) is 0 Å². The van der Waals surface area contributed by atoms with Crippen molar-refractivity contribution >= 4 is 12.0 Å². The zero-order valence-electron chi connectivity index (χ0n) is 13.6. The fourth-order valence-electron chi connectivity index (χ4n) is 2.81. The molecule has 2 aromatic rings. The largest absolute Gasteiger partial charge is 0.490 e. The molecule has 1 aliphatic heterocycles. The lowest BCUT2D eigenvalue weighted by Gasteiger charge is -2.40. The predicted octanol–water partition coefficient (Wildman–Crippen LogP) is 1.97. The fourth-order valence-corrected chi connectivity index (χ4v) is 2.81. The standard InChI is InChI=1S/C18H19N3O4/c22-17(14-5-2-1-3-6-14)21-10-9-20(18(23)24)12-15(21)13-25-16-7-4-8-19-11-16/h1-8,11,15H,9-10,12-13H2,(H,23,24). The van der Waals surface area contributed by atoms with Crippen LogP contribution in [-0.2, 0) is 0 Å². The molecular formula is C18H19N3O4. The number of carbonyl (C=O) groups is 2. The number of carboxylic acid groups (broad SMARTS) is 1. The maximum atomic E-state index is 12.8. The summed E-state index contributed by atoms with van der Waals surface area (Å²) < 4.78 is 5.71. The van der Waals surface area contributed by atoms with Crippen LogP contribution in [0.2, 0.25) is 0 Å². The molecule has 0 aliphatic carbocycles. The van der Waals surface area contributed by atoms with Crippen LogP contribution < -0.4 is 4.74 Å². The first kappa shape index (κ1) is 16.8. The fraction of sp³-hybridized carbons (Fsp3) is 0.278. The van der Waals surface area contributed by atoms with Gasteiger partial charge in [-0.25, -0.2) is 4.79 Å². The molecule has 2 amide bonds. The SMILES string of the molecule is O=C(O)N1CCN(C(=O)c2ccccc2)C(COc2cccnc2)C1. The number of hydrogen-bond acceptors (Lipinski definition) is 4.